The molecule has 0 aliphatic rings. The lowest BCUT2D eigenvalue weighted by Crippen LogP contribution is -2.19. The summed E-state index contributed by atoms with van der Waals surface area (Å²) in [6.45, 7) is 0.398. The molecule has 0 saturated carbocycles. The van der Waals surface area contributed by atoms with Crippen molar-refractivity contribution in [2.24, 2.45) is 5.73 Å². The summed E-state index contributed by atoms with van der Waals surface area (Å²) in [6.07, 6.45) is 1.26. The van der Waals surface area contributed by atoms with Crippen LogP contribution in [0, 0.1) is 0 Å². The minimum Gasteiger partial charge on any atom is -0.477 e. The third kappa shape index (κ3) is 2.69. The number of aromatic nitrogens is 2. The van der Waals surface area contributed by atoms with Crippen molar-refractivity contribution < 1.29 is 9.90 Å². The number of carboxylic acid groups (broad SMARTS) is 1. The van der Waals surface area contributed by atoms with E-state index in [-0.39, 0.29) is 16.1 Å². The van der Waals surface area contributed by atoms with Crippen molar-refractivity contribution in [2.45, 2.75) is 6.54 Å². The van der Waals surface area contributed by atoms with Gasteiger partial charge in [0.15, 0.2) is 0 Å². The zero-order valence-corrected chi connectivity index (χ0v) is 12.6. The molecule has 7 heteroatoms. The maximum atomic E-state index is 12.3. The molecule has 6 nitrogen and oxygen atoms in total. The molecule has 2 heterocycles. The van der Waals surface area contributed by atoms with Crippen molar-refractivity contribution in [3.05, 3.63) is 69.1 Å². The van der Waals surface area contributed by atoms with Crippen LogP contribution in [0.3, 0.4) is 0 Å². The molecule has 0 fully saturated rings. The number of carboxylic acids is 1. The fraction of sp³-hybridized carbons (Fsp3) is 0.0625. The van der Waals surface area contributed by atoms with E-state index in [1.165, 1.54) is 22.9 Å². The van der Waals surface area contributed by atoms with Crippen LogP contribution in [0.25, 0.3) is 16.7 Å². The lowest BCUT2D eigenvalue weighted by molar-refractivity contribution is 0.0695. The molecule has 0 radical (unpaired) electrons. The molecule has 0 saturated heterocycles. The number of hydrogen-bond acceptors (Lipinski definition) is 4. The first-order valence-electron chi connectivity index (χ1n) is 6.76. The van der Waals surface area contributed by atoms with Gasteiger partial charge >= 0.3 is 5.97 Å². The predicted molar refractivity (Wildman–Crippen MR) is 87.2 cm³/mol. The molecule has 0 bridgehead atoms. The Balaban J connectivity index is 2.37. The highest BCUT2D eigenvalue weighted by Crippen LogP contribution is 2.19. The smallest absolute Gasteiger partial charge is 0.341 e. The molecular weight excluding hydrogens is 318 g/mol. The van der Waals surface area contributed by atoms with Crippen molar-refractivity contribution in [3.63, 3.8) is 0 Å². The molecule has 0 unspecified atom stereocenters. The Morgan fingerprint density at radius 3 is 2.52 bits per heavy atom. The van der Waals surface area contributed by atoms with E-state index in [4.69, 9.17) is 17.3 Å². The monoisotopic (exact) mass is 329 g/mol. The SMILES string of the molecule is NCc1ccc(-n2cc(C(=O)O)c(=O)c3ccc(Cl)nc32)cc1. The molecule has 23 heavy (non-hydrogen) atoms. The van der Waals surface area contributed by atoms with Crippen LogP contribution >= 0.6 is 11.6 Å². The van der Waals surface area contributed by atoms with Gasteiger partial charge in [0.05, 0.1) is 5.39 Å². The van der Waals surface area contributed by atoms with Gasteiger partial charge in [-0.2, -0.15) is 0 Å². The van der Waals surface area contributed by atoms with Crippen molar-refractivity contribution in [1.29, 1.82) is 0 Å². The van der Waals surface area contributed by atoms with Gasteiger partial charge in [0.1, 0.15) is 16.4 Å². The standard InChI is InChI=1S/C16H12ClN3O3/c17-13-6-5-11-14(21)12(16(22)23)8-20(15(11)19-13)10-3-1-9(7-18)2-4-10/h1-6,8H,7,18H2,(H,22,23). The molecule has 1 aromatic carbocycles. The molecule has 0 aliphatic carbocycles. The number of aromatic carboxylic acids is 1. The highest BCUT2D eigenvalue weighted by atomic mass is 35.5. The molecule has 0 atom stereocenters. The van der Waals surface area contributed by atoms with Crippen molar-refractivity contribution in [3.8, 4) is 5.69 Å². The first-order chi connectivity index (χ1) is 11.0. The molecule has 0 spiro atoms. The van der Waals surface area contributed by atoms with Gasteiger partial charge in [-0.1, -0.05) is 23.7 Å². The second-order valence-electron chi connectivity index (χ2n) is 4.92. The van der Waals surface area contributed by atoms with E-state index in [2.05, 4.69) is 4.98 Å². The molecule has 0 amide bonds. The topological polar surface area (TPSA) is 98.2 Å². The second-order valence-corrected chi connectivity index (χ2v) is 5.31. The van der Waals surface area contributed by atoms with Crippen LogP contribution in [0.2, 0.25) is 5.15 Å². The maximum Gasteiger partial charge on any atom is 0.341 e. The average molecular weight is 330 g/mol. The fourth-order valence-corrected chi connectivity index (χ4v) is 2.46. The van der Waals surface area contributed by atoms with Gasteiger partial charge in [0.2, 0.25) is 5.43 Å². The first-order valence-corrected chi connectivity index (χ1v) is 7.13. The zero-order valence-electron chi connectivity index (χ0n) is 11.9. The number of pyridine rings is 2. The van der Waals surface area contributed by atoms with E-state index in [1.54, 1.807) is 12.1 Å². The fourth-order valence-electron chi connectivity index (χ4n) is 2.32. The summed E-state index contributed by atoms with van der Waals surface area (Å²) in [7, 11) is 0. The molecule has 116 valence electrons. The molecule has 3 N–H and O–H groups in total. The molecule has 3 rings (SSSR count). The summed E-state index contributed by atoms with van der Waals surface area (Å²) in [5, 5.41) is 9.66. The third-order valence-corrected chi connectivity index (χ3v) is 3.71. The van der Waals surface area contributed by atoms with Crippen molar-refractivity contribution in [1.82, 2.24) is 9.55 Å². The van der Waals surface area contributed by atoms with Gasteiger partial charge in [0.25, 0.3) is 0 Å². The molecule has 2 aromatic heterocycles. The highest BCUT2D eigenvalue weighted by Gasteiger charge is 2.16. The summed E-state index contributed by atoms with van der Waals surface area (Å²) >= 11 is 5.92. The van der Waals surface area contributed by atoms with Crippen LogP contribution in [-0.2, 0) is 6.54 Å². The van der Waals surface area contributed by atoms with E-state index in [1.807, 2.05) is 12.1 Å². The summed E-state index contributed by atoms with van der Waals surface area (Å²) in [4.78, 5) is 27.8. The Labute approximate surface area is 135 Å². The van der Waals surface area contributed by atoms with Gasteiger partial charge in [-0.3, -0.25) is 4.79 Å². The number of nitrogens with zero attached hydrogens (tertiary/aromatic N) is 2. The maximum absolute atomic E-state index is 12.3. The Morgan fingerprint density at radius 1 is 1.22 bits per heavy atom. The number of nitrogens with two attached hydrogens (primary N) is 1. The van der Waals surface area contributed by atoms with E-state index < -0.39 is 11.4 Å². The van der Waals surface area contributed by atoms with Crippen LogP contribution in [-0.4, -0.2) is 20.6 Å². The third-order valence-electron chi connectivity index (χ3n) is 3.50. The van der Waals surface area contributed by atoms with E-state index >= 15 is 0 Å². The van der Waals surface area contributed by atoms with E-state index in [0.29, 0.717) is 17.9 Å². The van der Waals surface area contributed by atoms with Crippen LogP contribution in [0.1, 0.15) is 15.9 Å². The van der Waals surface area contributed by atoms with Gasteiger partial charge in [-0.05, 0) is 29.8 Å². The van der Waals surface area contributed by atoms with Crippen LogP contribution < -0.4 is 11.2 Å². The Hall–Kier alpha value is -2.70. The number of halogens is 1. The minimum absolute atomic E-state index is 0.192. The Bertz CT molecular complexity index is 965. The zero-order chi connectivity index (χ0) is 16.6. The highest BCUT2D eigenvalue weighted by molar-refractivity contribution is 6.29. The molecule has 0 aliphatic heterocycles. The van der Waals surface area contributed by atoms with Gasteiger partial charge < -0.3 is 15.4 Å². The minimum atomic E-state index is -1.29. The number of fused-ring (bicyclic) bond motifs is 1. The summed E-state index contributed by atoms with van der Waals surface area (Å²) < 4.78 is 1.53. The number of carbonyl (C=O) groups is 1. The number of hydrogen-bond donors (Lipinski definition) is 2. The van der Waals surface area contributed by atoms with Gasteiger partial charge in [0, 0.05) is 18.4 Å². The van der Waals surface area contributed by atoms with Crippen LogP contribution in [0.15, 0.2) is 47.4 Å². The van der Waals surface area contributed by atoms with E-state index in [9.17, 15) is 14.7 Å². The first kappa shape index (κ1) is 15.2. The quantitative estimate of drug-likeness (QED) is 0.718. The average Bonchev–Trinajstić information content (AvgIpc) is 2.55. The molecular formula is C16H12ClN3O3. The van der Waals surface area contributed by atoms with Crippen molar-refractivity contribution in [2.75, 3.05) is 0 Å². The predicted octanol–water partition coefficient (Wildman–Crippen LogP) is 2.20. The Kier molecular flexibility index (Phi) is 3.85. The summed E-state index contributed by atoms with van der Waals surface area (Å²) in [6, 6.07) is 10.1. The van der Waals surface area contributed by atoms with Gasteiger partial charge in [-0.15, -0.1) is 0 Å². The normalized spacial score (nSPS) is 10.9. The van der Waals surface area contributed by atoms with Crippen molar-refractivity contribution >= 4 is 28.6 Å². The summed E-state index contributed by atoms with van der Waals surface area (Å²) in [5.74, 6) is -1.29. The van der Waals surface area contributed by atoms with Crippen LogP contribution in [0.4, 0.5) is 0 Å². The largest absolute Gasteiger partial charge is 0.477 e. The molecule has 3 aromatic rings. The van der Waals surface area contributed by atoms with E-state index in [0.717, 1.165) is 5.56 Å². The summed E-state index contributed by atoms with van der Waals surface area (Å²) in [5.41, 5.74) is 6.55. The number of benzene rings is 1. The number of rotatable bonds is 3. The lowest BCUT2D eigenvalue weighted by atomic mass is 10.1. The lowest BCUT2D eigenvalue weighted by Gasteiger charge is -2.12. The Morgan fingerprint density at radius 2 is 1.91 bits per heavy atom. The second kappa shape index (κ2) is 5.83. The van der Waals surface area contributed by atoms with Crippen LogP contribution in [0.5, 0.6) is 0 Å². The van der Waals surface area contributed by atoms with Gasteiger partial charge in [-0.25, -0.2) is 9.78 Å².